The monoisotopic (exact) mass is 219 g/mol. The third-order valence-corrected chi connectivity index (χ3v) is 2.42. The van der Waals surface area contributed by atoms with Crippen LogP contribution in [0.3, 0.4) is 0 Å². The molecular formula is C10H9N3OS. The molecule has 0 aliphatic heterocycles. The van der Waals surface area contributed by atoms with Crippen LogP contribution in [0.4, 0.5) is 0 Å². The molecule has 0 aromatic carbocycles. The van der Waals surface area contributed by atoms with Gasteiger partial charge in [-0.05, 0) is 18.4 Å². The smallest absolute Gasteiger partial charge is 0.252 e. The predicted octanol–water partition coefficient (Wildman–Crippen LogP) is 1.55. The second kappa shape index (κ2) is 4.27. The van der Waals surface area contributed by atoms with Gasteiger partial charge in [-0.1, -0.05) is 17.8 Å². The fourth-order valence-electron chi connectivity index (χ4n) is 1.18. The second-order valence-corrected chi connectivity index (χ2v) is 3.65. The fraction of sp³-hybridized carbons (Fsp3) is 0.100. The van der Waals surface area contributed by atoms with E-state index in [2.05, 4.69) is 15.0 Å². The molecule has 76 valence electrons. The maximum Gasteiger partial charge on any atom is 0.252 e. The summed E-state index contributed by atoms with van der Waals surface area (Å²) in [5.41, 5.74) is 1.15. The summed E-state index contributed by atoms with van der Waals surface area (Å²) in [6, 6.07) is 6.96. The van der Waals surface area contributed by atoms with Crippen LogP contribution in [-0.2, 0) is 0 Å². The van der Waals surface area contributed by atoms with Crippen molar-refractivity contribution < 1.29 is 0 Å². The van der Waals surface area contributed by atoms with Crippen molar-refractivity contribution in [2.75, 3.05) is 6.26 Å². The molecule has 0 unspecified atom stereocenters. The van der Waals surface area contributed by atoms with Gasteiger partial charge in [0.25, 0.3) is 5.56 Å². The van der Waals surface area contributed by atoms with E-state index in [9.17, 15) is 4.79 Å². The van der Waals surface area contributed by atoms with Crippen molar-refractivity contribution in [3.8, 4) is 11.4 Å². The Morgan fingerprint density at radius 3 is 2.87 bits per heavy atom. The summed E-state index contributed by atoms with van der Waals surface area (Å²) in [5.74, 6) is 0. The van der Waals surface area contributed by atoms with E-state index in [-0.39, 0.29) is 5.56 Å². The second-order valence-electron chi connectivity index (χ2n) is 2.85. The molecule has 0 amide bonds. The van der Waals surface area contributed by atoms with Crippen LogP contribution in [0, 0.1) is 0 Å². The summed E-state index contributed by atoms with van der Waals surface area (Å²) in [6.45, 7) is 0. The zero-order valence-corrected chi connectivity index (χ0v) is 8.91. The third-order valence-electron chi connectivity index (χ3n) is 1.84. The number of aromatic amines is 1. The van der Waals surface area contributed by atoms with E-state index in [4.69, 9.17) is 0 Å². The quantitative estimate of drug-likeness (QED) is 0.615. The molecule has 4 nitrogen and oxygen atoms in total. The van der Waals surface area contributed by atoms with Crippen LogP contribution in [0.25, 0.3) is 11.4 Å². The zero-order chi connectivity index (χ0) is 10.7. The maximum atomic E-state index is 11.3. The lowest BCUT2D eigenvalue weighted by molar-refractivity contribution is 0.941. The highest BCUT2D eigenvalue weighted by Gasteiger charge is 2.03. The number of H-pyrrole nitrogens is 1. The minimum atomic E-state index is -0.157. The summed E-state index contributed by atoms with van der Waals surface area (Å²) in [7, 11) is 0. The van der Waals surface area contributed by atoms with Crippen LogP contribution in [0.2, 0.25) is 0 Å². The molecule has 15 heavy (non-hydrogen) atoms. The van der Waals surface area contributed by atoms with Gasteiger partial charge in [0.05, 0.1) is 11.4 Å². The van der Waals surface area contributed by atoms with E-state index in [1.54, 1.807) is 6.20 Å². The molecule has 0 atom stereocenters. The van der Waals surface area contributed by atoms with Crippen LogP contribution >= 0.6 is 11.8 Å². The average molecular weight is 219 g/mol. The van der Waals surface area contributed by atoms with E-state index < -0.39 is 0 Å². The first kappa shape index (κ1) is 9.92. The molecule has 1 N–H and O–H groups in total. The first-order chi connectivity index (χ1) is 7.29. The molecule has 0 bridgehead atoms. The van der Waals surface area contributed by atoms with Gasteiger partial charge in [-0.2, -0.15) is 0 Å². The molecule has 2 aromatic rings. The number of hydrogen-bond donors (Lipinski definition) is 1. The Hall–Kier alpha value is -1.62. The lowest BCUT2D eigenvalue weighted by Crippen LogP contribution is -2.08. The Labute approximate surface area is 90.8 Å². The molecule has 0 aliphatic rings. The number of pyridine rings is 1. The fourth-order valence-corrected chi connectivity index (χ4v) is 1.57. The van der Waals surface area contributed by atoms with Gasteiger partial charge in [0.15, 0.2) is 5.16 Å². The summed E-state index contributed by atoms with van der Waals surface area (Å²) >= 11 is 1.40. The van der Waals surface area contributed by atoms with Gasteiger partial charge in [-0.3, -0.25) is 9.78 Å². The molecule has 2 heterocycles. The molecule has 0 radical (unpaired) electrons. The number of nitrogens with one attached hydrogen (secondary N) is 1. The number of rotatable bonds is 2. The normalized spacial score (nSPS) is 10.2. The van der Waals surface area contributed by atoms with Gasteiger partial charge < -0.3 is 4.98 Å². The largest absolute Gasteiger partial charge is 0.301 e. The molecular weight excluding hydrogens is 210 g/mol. The van der Waals surface area contributed by atoms with E-state index in [0.29, 0.717) is 16.5 Å². The molecule has 5 heteroatoms. The van der Waals surface area contributed by atoms with Crippen LogP contribution in [0.1, 0.15) is 0 Å². The van der Waals surface area contributed by atoms with Crippen LogP contribution in [-0.4, -0.2) is 21.2 Å². The highest BCUT2D eigenvalue weighted by Crippen LogP contribution is 2.14. The highest BCUT2D eigenvalue weighted by molar-refractivity contribution is 7.98. The summed E-state index contributed by atoms with van der Waals surface area (Å²) in [4.78, 5) is 22.4. The summed E-state index contributed by atoms with van der Waals surface area (Å²) in [6.07, 6.45) is 3.54. The van der Waals surface area contributed by atoms with Crippen molar-refractivity contribution in [3.63, 3.8) is 0 Å². The lowest BCUT2D eigenvalue weighted by atomic mass is 10.3. The Morgan fingerprint density at radius 2 is 2.20 bits per heavy atom. The Kier molecular flexibility index (Phi) is 2.82. The molecule has 0 saturated heterocycles. The van der Waals surface area contributed by atoms with Gasteiger partial charge in [-0.25, -0.2) is 4.98 Å². The lowest BCUT2D eigenvalue weighted by Gasteiger charge is -2.00. The topological polar surface area (TPSA) is 58.6 Å². The molecule has 0 aliphatic carbocycles. The minimum Gasteiger partial charge on any atom is -0.301 e. The van der Waals surface area contributed by atoms with Gasteiger partial charge in [-0.15, -0.1) is 0 Å². The van der Waals surface area contributed by atoms with Crippen molar-refractivity contribution in [2.24, 2.45) is 0 Å². The van der Waals surface area contributed by atoms with Crippen LogP contribution < -0.4 is 5.56 Å². The summed E-state index contributed by atoms with van der Waals surface area (Å²) < 4.78 is 0. The molecule has 2 aromatic heterocycles. The zero-order valence-electron chi connectivity index (χ0n) is 8.10. The standard InChI is InChI=1S/C10H9N3OS/c1-15-10-12-8(6-9(14)13-10)7-4-2-3-5-11-7/h2-6H,1H3,(H,12,13,14). The van der Waals surface area contributed by atoms with E-state index >= 15 is 0 Å². The van der Waals surface area contributed by atoms with Gasteiger partial charge >= 0.3 is 0 Å². The van der Waals surface area contributed by atoms with Gasteiger partial charge in [0.2, 0.25) is 0 Å². The van der Waals surface area contributed by atoms with Crippen molar-refractivity contribution in [3.05, 3.63) is 40.8 Å². The Morgan fingerprint density at radius 1 is 1.33 bits per heavy atom. The van der Waals surface area contributed by atoms with Crippen molar-refractivity contribution in [2.45, 2.75) is 5.16 Å². The number of aromatic nitrogens is 3. The minimum absolute atomic E-state index is 0.157. The van der Waals surface area contributed by atoms with Gasteiger partial charge in [0, 0.05) is 12.3 Å². The summed E-state index contributed by atoms with van der Waals surface area (Å²) in [5, 5.41) is 0.600. The average Bonchev–Trinajstić information content (AvgIpc) is 2.29. The highest BCUT2D eigenvalue weighted by atomic mass is 32.2. The molecule has 0 spiro atoms. The number of thioether (sulfide) groups is 1. The van der Waals surface area contributed by atoms with Crippen molar-refractivity contribution in [1.82, 2.24) is 15.0 Å². The van der Waals surface area contributed by atoms with E-state index in [1.165, 1.54) is 17.8 Å². The van der Waals surface area contributed by atoms with Crippen molar-refractivity contribution in [1.29, 1.82) is 0 Å². The van der Waals surface area contributed by atoms with Crippen LogP contribution in [0.5, 0.6) is 0 Å². The maximum absolute atomic E-state index is 11.3. The van der Waals surface area contributed by atoms with E-state index in [1.807, 2.05) is 24.5 Å². The SMILES string of the molecule is CSc1nc(-c2ccccn2)cc(=O)[nH]1. The van der Waals surface area contributed by atoms with Crippen LogP contribution in [0.15, 0.2) is 40.4 Å². The first-order valence-electron chi connectivity index (χ1n) is 4.36. The first-order valence-corrected chi connectivity index (χ1v) is 5.59. The predicted molar refractivity (Wildman–Crippen MR) is 59.9 cm³/mol. The Balaban J connectivity index is 2.54. The molecule has 0 fully saturated rings. The third kappa shape index (κ3) is 2.24. The number of nitrogens with zero attached hydrogens (tertiary/aromatic N) is 2. The van der Waals surface area contributed by atoms with E-state index in [0.717, 1.165) is 0 Å². The molecule has 0 saturated carbocycles. The Bertz CT molecular complexity index is 510. The number of hydrogen-bond acceptors (Lipinski definition) is 4. The van der Waals surface area contributed by atoms with Gasteiger partial charge in [0.1, 0.15) is 0 Å². The molecule has 2 rings (SSSR count). The van der Waals surface area contributed by atoms with Crippen molar-refractivity contribution >= 4 is 11.8 Å².